The lowest BCUT2D eigenvalue weighted by molar-refractivity contribution is -0.116. The van der Waals surface area contributed by atoms with Gasteiger partial charge in [-0.2, -0.15) is 0 Å². The van der Waals surface area contributed by atoms with E-state index in [2.05, 4.69) is 5.32 Å². The van der Waals surface area contributed by atoms with Crippen LogP contribution in [0.1, 0.15) is 16.7 Å². The van der Waals surface area contributed by atoms with Crippen molar-refractivity contribution in [2.45, 2.75) is 13.0 Å². The lowest BCUT2D eigenvalue weighted by atomic mass is 10.1. The van der Waals surface area contributed by atoms with E-state index in [9.17, 15) is 13.6 Å². The SMILES string of the molecule is COc1ccc(/C=C/C(=O)NCCc2cc(F)cc3c2OCOC3)cc1F. The number of hydrogen-bond acceptors (Lipinski definition) is 4. The van der Waals surface area contributed by atoms with Crippen molar-refractivity contribution in [1.29, 1.82) is 0 Å². The van der Waals surface area contributed by atoms with Crippen LogP contribution in [0.25, 0.3) is 6.08 Å². The molecule has 0 aromatic heterocycles. The molecule has 7 heteroatoms. The zero-order chi connectivity index (χ0) is 19.2. The zero-order valence-electron chi connectivity index (χ0n) is 14.8. The molecule has 0 fully saturated rings. The van der Waals surface area contributed by atoms with Gasteiger partial charge in [0, 0.05) is 18.2 Å². The topological polar surface area (TPSA) is 56.8 Å². The summed E-state index contributed by atoms with van der Waals surface area (Å²) in [7, 11) is 1.38. The van der Waals surface area contributed by atoms with E-state index in [1.165, 1.54) is 43.5 Å². The van der Waals surface area contributed by atoms with E-state index >= 15 is 0 Å². The van der Waals surface area contributed by atoms with Crippen LogP contribution < -0.4 is 14.8 Å². The molecule has 142 valence electrons. The number of methoxy groups -OCH3 is 1. The lowest BCUT2D eigenvalue weighted by Gasteiger charge is -2.20. The Labute approximate surface area is 155 Å². The largest absolute Gasteiger partial charge is 0.494 e. The summed E-state index contributed by atoms with van der Waals surface area (Å²) in [6.45, 7) is 0.729. The zero-order valence-corrected chi connectivity index (χ0v) is 14.8. The number of benzene rings is 2. The highest BCUT2D eigenvalue weighted by Crippen LogP contribution is 2.29. The summed E-state index contributed by atoms with van der Waals surface area (Å²) in [6.07, 6.45) is 3.23. The monoisotopic (exact) mass is 375 g/mol. The van der Waals surface area contributed by atoms with Gasteiger partial charge in [0.2, 0.25) is 5.91 Å². The molecule has 27 heavy (non-hydrogen) atoms. The molecule has 1 heterocycles. The molecular formula is C20H19F2NO4. The van der Waals surface area contributed by atoms with Gasteiger partial charge in [-0.15, -0.1) is 0 Å². The van der Waals surface area contributed by atoms with Crippen LogP contribution in [0.15, 0.2) is 36.4 Å². The molecule has 1 amide bonds. The van der Waals surface area contributed by atoms with E-state index in [1.54, 1.807) is 6.07 Å². The molecular weight excluding hydrogens is 356 g/mol. The highest BCUT2D eigenvalue weighted by atomic mass is 19.1. The molecule has 2 aromatic rings. The number of halogens is 2. The highest BCUT2D eigenvalue weighted by Gasteiger charge is 2.16. The molecule has 0 radical (unpaired) electrons. The van der Waals surface area contributed by atoms with Gasteiger partial charge in [-0.05, 0) is 47.9 Å². The molecule has 3 rings (SSSR count). The average molecular weight is 375 g/mol. The maximum Gasteiger partial charge on any atom is 0.244 e. The predicted molar refractivity (Wildman–Crippen MR) is 95.4 cm³/mol. The van der Waals surface area contributed by atoms with Crippen molar-refractivity contribution >= 4 is 12.0 Å². The number of carbonyl (C=O) groups excluding carboxylic acids is 1. The summed E-state index contributed by atoms with van der Waals surface area (Å²) >= 11 is 0. The molecule has 1 aliphatic rings. The van der Waals surface area contributed by atoms with Crippen LogP contribution in [0.3, 0.4) is 0 Å². The van der Waals surface area contributed by atoms with Gasteiger partial charge in [-0.3, -0.25) is 4.79 Å². The second-order valence-electron chi connectivity index (χ2n) is 5.93. The fourth-order valence-electron chi connectivity index (χ4n) is 2.78. The molecule has 0 bridgehead atoms. The Morgan fingerprint density at radius 1 is 1.30 bits per heavy atom. The third-order valence-electron chi connectivity index (χ3n) is 4.05. The van der Waals surface area contributed by atoms with E-state index in [0.29, 0.717) is 42.0 Å². The summed E-state index contributed by atoms with van der Waals surface area (Å²) in [6, 6.07) is 7.19. The number of rotatable bonds is 6. The van der Waals surface area contributed by atoms with E-state index < -0.39 is 5.82 Å². The Balaban J connectivity index is 1.56. The Kier molecular flexibility index (Phi) is 6.03. The first-order chi connectivity index (χ1) is 13.1. The van der Waals surface area contributed by atoms with Crippen molar-refractivity contribution in [2.24, 2.45) is 0 Å². The van der Waals surface area contributed by atoms with Crippen molar-refractivity contribution in [2.75, 3.05) is 20.4 Å². The molecule has 2 aromatic carbocycles. The fraction of sp³-hybridized carbons (Fsp3) is 0.250. The van der Waals surface area contributed by atoms with Gasteiger partial charge in [0.25, 0.3) is 0 Å². The average Bonchev–Trinajstić information content (AvgIpc) is 2.66. The Hall–Kier alpha value is -2.93. The van der Waals surface area contributed by atoms with Crippen LogP contribution >= 0.6 is 0 Å². The molecule has 0 atom stereocenters. The first kappa shape index (κ1) is 18.8. The highest BCUT2D eigenvalue weighted by molar-refractivity contribution is 5.91. The van der Waals surface area contributed by atoms with Crippen LogP contribution in [0.5, 0.6) is 11.5 Å². The summed E-state index contributed by atoms with van der Waals surface area (Å²) in [5.41, 5.74) is 1.87. The van der Waals surface area contributed by atoms with Crippen LogP contribution in [0.4, 0.5) is 8.78 Å². The maximum absolute atomic E-state index is 13.7. The van der Waals surface area contributed by atoms with Crippen molar-refractivity contribution in [3.8, 4) is 11.5 Å². The normalized spacial score (nSPS) is 13.1. The number of carbonyl (C=O) groups is 1. The minimum absolute atomic E-state index is 0.124. The van der Waals surface area contributed by atoms with E-state index in [4.69, 9.17) is 14.2 Å². The van der Waals surface area contributed by atoms with Crippen molar-refractivity contribution in [1.82, 2.24) is 5.32 Å². The third-order valence-corrected chi connectivity index (χ3v) is 4.05. The minimum atomic E-state index is -0.500. The molecule has 0 saturated carbocycles. The molecule has 1 aliphatic heterocycles. The maximum atomic E-state index is 13.7. The molecule has 0 aliphatic carbocycles. The summed E-state index contributed by atoms with van der Waals surface area (Å²) in [4.78, 5) is 11.9. The van der Waals surface area contributed by atoms with Crippen LogP contribution in [0, 0.1) is 11.6 Å². The smallest absolute Gasteiger partial charge is 0.244 e. The van der Waals surface area contributed by atoms with Gasteiger partial charge in [-0.25, -0.2) is 8.78 Å². The number of nitrogens with one attached hydrogen (secondary N) is 1. The Morgan fingerprint density at radius 3 is 2.93 bits per heavy atom. The van der Waals surface area contributed by atoms with Gasteiger partial charge in [0.15, 0.2) is 18.4 Å². The standard InChI is InChI=1S/C20H19F2NO4/c1-25-18-4-2-13(8-17(18)22)3-5-19(24)23-7-6-14-9-16(21)10-15-11-26-12-27-20(14)15/h2-5,8-10H,6-7,11-12H2,1H3,(H,23,24)/b5-3+. The summed E-state index contributed by atoms with van der Waals surface area (Å²) in [5, 5.41) is 2.71. The van der Waals surface area contributed by atoms with Gasteiger partial charge in [0.1, 0.15) is 11.6 Å². The first-order valence-corrected chi connectivity index (χ1v) is 8.38. The van der Waals surface area contributed by atoms with Crippen LogP contribution in [-0.2, 0) is 22.6 Å². The number of hydrogen-bond donors (Lipinski definition) is 1. The van der Waals surface area contributed by atoms with Crippen LogP contribution in [0.2, 0.25) is 0 Å². The lowest BCUT2D eigenvalue weighted by Crippen LogP contribution is -2.24. The molecule has 0 unspecified atom stereocenters. The number of fused-ring (bicyclic) bond motifs is 1. The minimum Gasteiger partial charge on any atom is -0.494 e. The molecule has 1 N–H and O–H groups in total. The Morgan fingerprint density at radius 2 is 2.15 bits per heavy atom. The van der Waals surface area contributed by atoms with Crippen LogP contribution in [-0.4, -0.2) is 26.4 Å². The van der Waals surface area contributed by atoms with Gasteiger partial charge in [-0.1, -0.05) is 6.07 Å². The Bertz CT molecular complexity index is 867. The predicted octanol–water partition coefficient (Wildman–Crippen LogP) is 3.21. The molecule has 0 saturated heterocycles. The second kappa shape index (κ2) is 8.64. The summed E-state index contributed by atoms with van der Waals surface area (Å²) < 4.78 is 42.7. The summed E-state index contributed by atoms with van der Waals surface area (Å²) in [5.74, 6) is -0.449. The quantitative estimate of drug-likeness (QED) is 0.788. The van der Waals surface area contributed by atoms with Gasteiger partial charge >= 0.3 is 0 Å². The van der Waals surface area contributed by atoms with Gasteiger partial charge in [0.05, 0.1) is 13.7 Å². The first-order valence-electron chi connectivity index (χ1n) is 8.38. The molecule has 5 nitrogen and oxygen atoms in total. The number of ether oxygens (including phenoxy) is 3. The van der Waals surface area contributed by atoms with Crippen molar-refractivity contribution in [3.05, 3.63) is 64.7 Å². The number of amides is 1. The second-order valence-corrected chi connectivity index (χ2v) is 5.93. The molecule has 0 spiro atoms. The van der Waals surface area contributed by atoms with E-state index in [-0.39, 0.29) is 24.3 Å². The fourth-order valence-corrected chi connectivity index (χ4v) is 2.78. The van der Waals surface area contributed by atoms with Crippen molar-refractivity contribution in [3.63, 3.8) is 0 Å². The van der Waals surface area contributed by atoms with Gasteiger partial charge < -0.3 is 19.5 Å². The van der Waals surface area contributed by atoms with Crippen molar-refractivity contribution < 1.29 is 27.8 Å². The van der Waals surface area contributed by atoms with E-state index in [0.717, 1.165) is 0 Å². The van der Waals surface area contributed by atoms with E-state index in [1.807, 2.05) is 0 Å². The third kappa shape index (κ3) is 4.83.